The van der Waals surface area contributed by atoms with Crippen LogP contribution in [0.4, 0.5) is 0 Å². The van der Waals surface area contributed by atoms with Crippen LogP contribution in [0.2, 0.25) is 0 Å². The number of carbonyl (C=O) groups is 1. The topological polar surface area (TPSA) is 69.6 Å². The first kappa shape index (κ1) is 70.9. The average molecular weight is 1010 g/mol. The SMILES string of the molecule is CCCCCCC/C=C\C/C=C\CCCCCCCCCCCCCCCCCC(=O)NC(CO)C(O)CCCCCCCCCCCCCCCCCCCCCCCCCCCCCCCCCCC. The molecule has 1 amide bonds. The van der Waals surface area contributed by atoms with Crippen LogP contribution < -0.4 is 5.32 Å². The standard InChI is InChI=1S/C68H133NO3/c1-3-5-7-9-11-13-15-17-19-21-23-25-27-29-31-32-33-34-35-36-38-39-41-43-45-47-49-51-53-55-57-59-61-63-67(71)66(65-70)69-68(72)64-62-60-58-56-54-52-50-48-46-44-42-40-37-30-28-26-24-22-20-18-16-14-12-10-8-6-4-2/h16,18,22,24,66-67,70-71H,3-15,17,19-21,23,25-65H2,1-2H3,(H,69,72)/b18-16-,24-22-. The maximum absolute atomic E-state index is 12.5. The second-order valence-electron chi connectivity index (χ2n) is 23.2. The summed E-state index contributed by atoms with van der Waals surface area (Å²) in [6, 6.07) is -0.536. The quantitative estimate of drug-likeness (QED) is 0.0420. The van der Waals surface area contributed by atoms with Gasteiger partial charge in [0, 0.05) is 6.42 Å². The molecule has 0 aromatic carbocycles. The molecule has 0 spiro atoms. The first-order valence-electron chi connectivity index (χ1n) is 33.5. The van der Waals surface area contributed by atoms with Gasteiger partial charge in [-0.15, -0.1) is 0 Å². The van der Waals surface area contributed by atoms with Crippen molar-refractivity contribution in [3.63, 3.8) is 0 Å². The highest BCUT2D eigenvalue weighted by Crippen LogP contribution is 2.19. The van der Waals surface area contributed by atoms with Crippen molar-refractivity contribution in [3.05, 3.63) is 24.3 Å². The molecular formula is C68H133NO3. The Balaban J connectivity index is 3.39. The lowest BCUT2D eigenvalue weighted by Gasteiger charge is -2.22. The lowest BCUT2D eigenvalue weighted by Crippen LogP contribution is -2.45. The first-order valence-corrected chi connectivity index (χ1v) is 33.5. The van der Waals surface area contributed by atoms with Crippen molar-refractivity contribution < 1.29 is 15.0 Å². The minimum atomic E-state index is -0.660. The zero-order valence-electron chi connectivity index (χ0n) is 49.5. The number of carbonyl (C=O) groups excluding carboxylic acids is 1. The highest BCUT2D eigenvalue weighted by atomic mass is 16.3. The highest BCUT2D eigenvalue weighted by molar-refractivity contribution is 5.76. The predicted octanol–water partition coefficient (Wildman–Crippen LogP) is 22.6. The van der Waals surface area contributed by atoms with Gasteiger partial charge >= 0.3 is 0 Å². The van der Waals surface area contributed by atoms with Gasteiger partial charge in [-0.2, -0.15) is 0 Å². The second kappa shape index (κ2) is 64.2. The van der Waals surface area contributed by atoms with Gasteiger partial charge in [0.1, 0.15) is 0 Å². The number of aliphatic hydroxyl groups is 2. The summed E-state index contributed by atoms with van der Waals surface area (Å²) >= 11 is 0. The number of hydrogen-bond acceptors (Lipinski definition) is 3. The van der Waals surface area contributed by atoms with E-state index in [0.29, 0.717) is 12.8 Å². The molecule has 3 N–H and O–H groups in total. The van der Waals surface area contributed by atoms with Crippen molar-refractivity contribution in [3.8, 4) is 0 Å². The maximum atomic E-state index is 12.5. The molecule has 0 fully saturated rings. The third-order valence-corrected chi connectivity index (χ3v) is 16.0. The number of aliphatic hydroxyl groups excluding tert-OH is 2. The van der Waals surface area contributed by atoms with Gasteiger partial charge in [-0.3, -0.25) is 4.79 Å². The Morgan fingerprint density at radius 1 is 0.333 bits per heavy atom. The molecule has 4 heteroatoms. The van der Waals surface area contributed by atoms with Crippen LogP contribution in [0.15, 0.2) is 24.3 Å². The largest absolute Gasteiger partial charge is 0.394 e. The van der Waals surface area contributed by atoms with E-state index in [9.17, 15) is 15.0 Å². The molecule has 72 heavy (non-hydrogen) atoms. The molecule has 4 nitrogen and oxygen atoms in total. The molecule has 0 rings (SSSR count). The number of unbranched alkanes of at least 4 members (excludes halogenated alkanes) is 52. The predicted molar refractivity (Wildman–Crippen MR) is 322 cm³/mol. The summed E-state index contributed by atoms with van der Waals surface area (Å²) in [5.41, 5.74) is 0. The molecular weight excluding hydrogens is 879 g/mol. The summed E-state index contributed by atoms with van der Waals surface area (Å²) in [5, 5.41) is 23.5. The fourth-order valence-corrected chi connectivity index (χ4v) is 10.9. The third kappa shape index (κ3) is 59.7. The van der Waals surface area contributed by atoms with E-state index in [4.69, 9.17) is 0 Å². The summed E-state index contributed by atoms with van der Waals surface area (Å²) in [6.45, 7) is 4.39. The molecule has 2 atom stereocenters. The van der Waals surface area contributed by atoms with Gasteiger partial charge in [-0.05, 0) is 44.9 Å². The Hall–Kier alpha value is -1.13. The van der Waals surface area contributed by atoms with Gasteiger partial charge in [0.2, 0.25) is 5.91 Å². The molecule has 0 heterocycles. The van der Waals surface area contributed by atoms with Crippen LogP contribution in [-0.2, 0) is 4.79 Å². The molecule has 428 valence electrons. The van der Waals surface area contributed by atoms with Crippen LogP contribution in [0.5, 0.6) is 0 Å². The molecule has 0 saturated carbocycles. The van der Waals surface area contributed by atoms with Crippen molar-refractivity contribution in [2.45, 2.75) is 398 Å². The number of rotatable bonds is 63. The van der Waals surface area contributed by atoms with Crippen LogP contribution in [0, 0.1) is 0 Å². The van der Waals surface area contributed by atoms with Crippen molar-refractivity contribution in [1.82, 2.24) is 5.32 Å². The zero-order chi connectivity index (χ0) is 52.0. The molecule has 0 aliphatic rings. The summed E-state index contributed by atoms with van der Waals surface area (Å²) in [7, 11) is 0. The van der Waals surface area contributed by atoms with E-state index in [1.54, 1.807) is 0 Å². The van der Waals surface area contributed by atoms with Crippen LogP contribution in [0.25, 0.3) is 0 Å². The van der Waals surface area contributed by atoms with E-state index < -0.39 is 12.1 Å². The molecule has 0 radical (unpaired) electrons. The molecule has 0 aromatic rings. The van der Waals surface area contributed by atoms with Crippen molar-refractivity contribution in [2.24, 2.45) is 0 Å². The van der Waals surface area contributed by atoms with E-state index in [1.807, 2.05) is 0 Å². The van der Waals surface area contributed by atoms with Crippen LogP contribution in [0.1, 0.15) is 386 Å². The van der Waals surface area contributed by atoms with E-state index >= 15 is 0 Å². The molecule has 0 bridgehead atoms. The fourth-order valence-electron chi connectivity index (χ4n) is 10.9. The van der Waals surface area contributed by atoms with Gasteiger partial charge in [-0.25, -0.2) is 0 Å². The minimum Gasteiger partial charge on any atom is -0.394 e. The van der Waals surface area contributed by atoms with E-state index in [-0.39, 0.29) is 12.5 Å². The van der Waals surface area contributed by atoms with E-state index in [1.165, 1.54) is 327 Å². The Labute approximate surface area is 453 Å². The lowest BCUT2D eigenvalue weighted by molar-refractivity contribution is -0.123. The summed E-state index contributed by atoms with van der Waals surface area (Å²) in [5.74, 6) is -0.0242. The maximum Gasteiger partial charge on any atom is 0.220 e. The first-order chi connectivity index (χ1) is 35.7. The van der Waals surface area contributed by atoms with Gasteiger partial charge < -0.3 is 15.5 Å². The Morgan fingerprint density at radius 2 is 0.569 bits per heavy atom. The minimum absolute atomic E-state index is 0.0242. The van der Waals surface area contributed by atoms with Gasteiger partial charge in [0.15, 0.2) is 0 Å². The van der Waals surface area contributed by atoms with Crippen LogP contribution >= 0.6 is 0 Å². The molecule has 0 aliphatic heterocycles. The molecule has 0 aromatic heterocycles. The summed E-state index contributed by atoms with van der Waals surface area (Å²) < 4.78 is 0. The lowest BCUT2D eigenvalue weighted by atomic mass is 10.0. The Bertz CT molecular complexity index is 1060. The number of amides is 1. The highest BCUT2D eigenvalue weighted by Gasteiger charge is 2.20. The van der Waals surface area contributed by atoms with E-state index in [2.05, 4.69) is 43.5 Å². The van der Waals surface area contributed by atoms with Crippen molar-refractivity contribution >= 4 is 5.91 Å². The van der Waals surface area contributed by atoms with Crippen molar-refractivity contribution in [1.29, 1.82) is 0 Å². The summed E-state index contributed by atoms with van der Waals surface area (Å²) in [4.78, 5) is 12.5. The Morgan fingerprint density at radius 3 is 0.833 bits per heavy atom. The Kier molecular flexibility index (Phi) is 63.2. The fraction of sp³-hybridized carbons (Fsp3) is 0.926. The third-order valence-electron chi connectivity index (χ3n) is 16.0. The second-order valence-corrected chi connectivity index (χ2v) is 23.2. The normalized spacial score (nSPS) is 12.8. The number of allylic oxidation sites excluding steroid dienone is 4. The van der Waals surface area contributed by atoms with E-state index in [0.717, 1.165) is 32.1 Å². The van der Waals surface area contributed by atoms with Crippen molar-refractivity contribution in [2.75, 3.05) is 6.61 Å². The number of hydrogen-bond donors (Lipinski definition) is 3. The molecule has 0 aliphatic carbocycles. The van der Waals surface area contributed by atoms with Crippen LogP contribution in [-0.4, -0.2) is 34.9 Å². The van der Waals surface area contributed by atoms with Gasteiger partial charge in [0.05, 0.1) is 18.8 Å². The van der Waals surface area contributed by atoms with Gasteiger partial charge in [-0.1, -0.05) is 359 Å². The average Bonchev–Trinajstić information content (AvgIpc) is 3.39. The van der Waals surface area contributed by atoms with Gasteiger partial charge in [0.25, 0.3) is 0 Å². The number of nitrogens with one attached hydrogen (secondary N) is 1. The zero-order valence-corrected chi connectivity index (χ0v) is 49.5. The summed E-state index contributed by atoms with van der Waals surface area (Å²) in [6.07, 6.45) is 86.5. The van der Waals surface area contributed by atoms with Crippen LogP contribution in [0.3, 0.4) is 0 Å². The molecule has 2 unspecified atom stereocenters. The smallest absolute Gasteiger partial charge is 0.220 e. The molecule has 0 saturated heterocycles. The monoisotopic (exact) mass is 1010 g/mol.